The van der Waals surface area contributed by atoms with Gasteiger partial charge in [-0.1, -0.05) is 67.4 Å². The molecule has 1 aromatic heterocycles. The molecule has 0 spiro atoms. The number of benzene rings is 2. The van der Waals surface area contributed by atoms with E-state index in [1.165, 1.54) is 6.42 Å². The van der Waals surface area contributed by atoms with E-state index in [0.29, 0.717) is 6.54 Å². The Morgan fingerprint density at radius 2 is 1.88 bits per heavy atom. The average molecular weight is 355 g/mol. The number of rotatable bonds is 8. The van der Waals surface area contributed by atoms with Crippen molar-refractivity contribution in [1.29, 1.82) is 0 Å². The molecule has 0 aliphatic carbocycles. The fourth-order valence-corrected chi connectivity index (χ4v) is 2.91. The number of unbranched alkanes of at least 4 members (excludes halogenated alkanes) is 1. The van der Waals surface area contributed by atoms with E-state index in [0.717, 1.165) is 47.0 Å². The quantitative estimate of drug-likeness (QED) is 0.604. The molecule has 0 aliphatic heterocycles. The summed E-state index contributed by atoms with van der Waals surface area (Å²) in [6.45, 7) is 4.51. The second kappa shape index (κ2) is 8.79. The lowest BCUT2D eigenvalue weighted by atomic mass is 10.1. The van der Waals surface area contributed by atoms with Crippen LogP contribution in [0.25, 0.3) is 11.3 Å². The van der Waals surface area contributed by atoms with Gasteiger partial charge in [-0.05, 0) is 30.7 Å². The van der Waals surface area contributed by atoms with Gasteiger partial charge in [0.25, 0.3) is 0 Å². The molecule has 0 saturated carbocycles. The van der Waals surface area contributed by atoms with E-state index in [9.17, 15) is 0 Å². The fraction of sp³-hybridized carbons (Fsp3) is 0.300. The first-order valence-electron chi connectivity index (χ1n) is 8.71. The van der Waals surface area contributed by atoms with E-state index < -0.39 is 0 Å². The second-order valence-corrected chi connectivity index (χ2v) is 6.49. The number of hydrogen-bond acceptors (Lipinski definition) is 3. The summed E-state index contributed by atoms with van der Waals surface area (Å²) in [6, 6.07) is 18.0. The van der Waals surface area contributed by atoms with Crippen LogP contribution < -0.4 is 5.32 Å². The molecule has 3 aromatic rings. The van der Waals surface area contributed by atoms with Gasteiger partial charge in [0, 0.05) is 17.1 Å². The van der Waals surface area contributed by atoms with Gasteiger partial charge in [0.05, 0.1) is 6.54 Å². The Morgan fingerprint density at radius 1 is 1.04 bits per heavy atom. The van der Waals surface area contributed by atoms with Crippen LogP contribution in [0.1, 0.15) is 31.0 Å². The first-order chi connectivity index (χ1) is 12.3. The lowest BCUT2D eigenvalue weighted by Gasteiger charge is -2.03. The SMILES string of the molecule is CCCCNCc1nn(Cc2cccc(Cl)c2)nc1-c1ccccc1. The smallest absolute Gasteiger partial charge is 0.117 e. The van der Waals surface area contributed by atoms with E-state index in [1.807, 2.05) is 42.5 Å². The number of aromatic nitrogens is 3. The first kappa shape index (κ1) is 17.6. The molecule has 0 fully saturated rings. The minimum Gasteiger partial charge on any atom is -0.311 e. The molecule has 0 bridgehead atoms. The van der Waals surface area contributed by atoms with Gasteiger partial charge < -0.3 is 5.32 Å². The van der Waals surface area contributed by atoms with Crippen molar-refractivity contribution in [1.82, 2.24) is 20.3 Å². The highest BCUT2D eigenvalue weighted by Crippen LogP contribution is 2.20. The van der Waals surface area contributed by atoms with Crippen molar-refractivity contribution in [3.8, 4) is 11.3 Å². The fourth-order valence-electron chi connectivity index (χ4n) is 2.70. The zero-order chi connectivity index (χ0) is 17.5. The number of halogens is 1. The summed E-state index contributed by atoms with van der Waals surface area (Å²) in [6.07, 6.45) is 2.34. The Labute approximate surface area is 153 Å². The Morgan fingerprint density at radius 3 is 2.64 bits per heavy atom. The summed E-state index contributed by atoms with van der Waals surface area (Å²) in [5, 5.41) is 13.6. The molecule has 0 atom stereocenters. The lowest BCUT2D eigenvalue weighted by Crippen LogP contribution is -2.15. The van der Waals surface area contributed by atoms with Crippen LogP contribution in [0, 0.1) is 0 Å². The molecule has 1 heterocycles. The minimum absolute atomic E-state index is 0.607. The maximum absolute atomic E-state index is 6.08. The van der Waals surface area contributed by atoms with Crippen molar-refractivity contribution in [3.05, 3.63) is 70.9 Å². The molecule has 0 radical (unpaired) electrons. The maximum Gasteiger partial charge on any atom is 0.117 e. The Bertz CT molecular complexity index is 798. The summed E-state index contributed by atoms with van der Waals surface area (Å²) in [5.41, 5.74) is 4.09. The van der Waals surface area contributed by atoms with Crippen LogP contribution in [-0.4, -0.2) is 21.5 Å². The topological polar surface area (TPSA) is 42.7 Å². The summed E-state index contributed by atoms with van der Waals surface area (Å²) < 4.78 is 0. The summed E-state index contributed by atoms with van der Waals surface area (Å²) in [5.74, 6) is 0. The van der Waals surface area contributed by atoms with Gasteiger partial charge in [0.1, 0.15) is 11.4 Å². The van der Waals surface area contributed by atoms with E-state index in [2.05, 4.69) is 24.4 Å². The van der Waals surface area contributed by atoms with Gasteiger partial charge in [-0.3, -0.25) is 0 Å². The van der Waals surface area contributed by atoms with Crippen LogP contribution in [-0.2, 0) is 13.1 Å². The van der Waals surface area contributed by atoms with Crippen molar-refractivity contribution in [2.75, 3.05) is 6.54 Å². The third-order valence-electron chi connectivity index (χ3n) is 3.98. The maximum atomic E-state index is 6.08. The third-order valence-corrected chi connectivity index (χ3v) is 4.22. The van der Waals surface area contributed by atoms with E-state index in [1.54, 1.807) is 4.80 Å². The van der Waals surface area contributed by atoms with Crippen molar-refractivity contribution >= 4 is 11.6 Å². The van der Waals surface area contributed by atoms with Crippen LogP contribution >= 0.6 is 11.6 Å². The van der Waals surface area contributed by atoms with Gasteiger partial charge in [0.15, 0.2) is 0 Å². The minimum atomic E-state index is 0.607. The normalized spacial score (nSPS) is 11.0. The molecule has 0 saturated heterocycles. The number of hydrogen-bond donors (Lipinski definition) is 1. The molecule has 25 heavy (non-hydrogen) atoms. The van der Waals surface area contributed by atoms with Crippen molar-refractivity contribution < 1.29 is 0 Å². The van der Waals surface area contributed by atoms with Crippen LogP contribution in [0.4, 0.5) is 0 Å². The lowest BCUT2D eigenvalue weighted by molar-refractivity contribution is 0.573. The van der Waals surface area contributed by atoms with Crippen molar-refractivity contribution in [2.45, 2.75) is 32.9 Å². The van der Waals surface area contributed by atoms with Crippen LogP contribution in [0.2, 0.25) is 5.02 Å². The average Bonchev–Trinajstić information content (AvgIpc) is 3.02. The molecule has 0 amide bonds. The molecule has 2 aromatic carbocycles. The molecule has 5 heteroatoms. The third kappa shape index (κ3) is 4.91. The largest absolute Gasteiger partial charge is 0.311 e. The van der Waals surface area contributed by atoms with Gasteiger partial charge in [0.2, 0.25) is 0 Å². The molecule has 0 unspecified atom stereocenters. The Balaban J connectivity index is 1.83. The van der Waals surface area contributed by atoms with Crippen molar-refractivity contribution in [3.63, 3.8) is 0 Å². The van der Waals surface area contributed by atoms with Gasteiger partial charge in [-0.25, -0.2) is 0 Å². The number of nitrogens with one attached hydrogen (secondary N) is 1. The highest BCUT2D eigenvalue weighted by atomic mass is 35.5. The standard InChI is InChI=1S/C20H23ClN4/c1-2-3-12-22-14-19-20(17-9-5-4-6-10-17)24-25(23-19)15-16-8-7-11-18(21)13-16/h4-11,13,22H,2-3,12,14-15H2,1H3. The Hall–Kier alpha value is -2.17. The molecule has 3 rings (SSSR count). The predicted molar refractivity (Wildman–Crippen MR) is 103 cm³/mol. The van der Waals surface area contributed by atoms with E-state index >= 15 is 0 Å². The molecule has 4 nitrogen and oxygen atoms in total. The zero-order valence-electron chi connectivity index (χ0n) is 14.5. The van der Waals surface area contributed by atoms with Crippen LogP contribution in [0.3, 0.4) is 0 Å². The van der Waals surface area contributed by atoms with Gasteiger partial charge in [-0.15, -0.1) is 0 Å². The van der Waals surface area contributed by atoms with E-state index in [-0.39, 0.29) is 0 Å². The molecular formula is C20H23ClN4. The Kier molecular flexibility index (Phi) is 6.20. The first-order valence-corrected chi connectivity index (χ1v) is 9.08. The molecular weight excluding hydrogens is 332 g/mol. The van der Waals surface area contributed by atoms with Crippen LogP contribution in [0.5, 0.6) is 0 Å². The highest BCUT2D eigenvalue weighted by molar-refractivity contribution is 6.30. The summed E-state index contributed by atoms with van der Waals surface area (Å²) in [4.78, 5) is 1.75. The second-order valence-electron chi connectivity index (χ2n) is 6.05. The molecule has 130 valence electrons. The van der Waals surface area contributed by atoms with E-state index in [4.69, 9.17) is 21.8 Å². The molecule has 0 aliphatic rings. The predicted octanol–water partition coefficient (Wildman–Crippen LogP) is 4.54. The van der Waals surface area contributed by atoms with Gasteiger partial charge in [-0.2, -0.15) is 15.0 Å². The molecule has 1 N–H and O–H groups in total. The summed E-state index contributed by atoms with van der Waals surface area (Å²) in [7, 11) is 0. The monoisotopic (exact) mass is 354 g/mol. The van der Waals surface area contributed by atoms with Crippen LogP contribution in [0.15, 0.2) is 54.6 Å². The van der Waals surface area contributed by atoms with Crippen molar-refractivity contribution in [2.24, 2.45) is 0 Å². The summed E-state index contributed by atoms with van der Waals surface area (Å²) >= 11 is 6.08. The van der Waals surface area contributed by atoms with Gasteiger partial charge >= 0.3 is 0 Å². The number of nitrogens with zero attached hydrogens (tertiary/aromatic N) is 3. The highest BCUT2D eigenvalue weighted by Gasteiger charge is 2.13. The zero-order valence-corrected chi connectivity index (χ0v) is 15.2.